The van der Waals surface area contributed by atoms with Gasteiger partial charge in [0.2, 0.25) is 5.82 Å². The summed E-state index contributed by atoms with van der Waals surface area (Å²) in [4.78, 5) is 12.8. The van der Waals surface area contributed by atoms with Gasteiger partial charge in [0.05, 0.1) is 12.0 Å². The third kappa shape index (κ3) is 3.84. The molecule has 1 fully saturated rings. The van der Waals surface area contributed by atoms with Crippen LogP contribution in [0.15, 0.2) is 46.2 Å². The molecule has 3 heterocycles. The van der Waals surface area contributed by atoms with E-state index in [1.54, 1.807) is 24.5 Å². The number of carbonyl (C=O) groups excluding carboxylic acids is 1. The fourth-order valence-corrected chi connectivity index (χ4v) is 4.95. The predicted octanol–water partition coefficient (Wildman–Crippen LogP) is 4.79. The van der Waals surface area contributed by atoms with Crippen molar-refractivity contribution < 1.29 is 18.7 Å². The van der Waals surface area contributed by atoms with Crippen LogP contribution < -0.4 is 9.47 Å². The molecule has 0 atom stereocenters. The molecule has 0 spiro atoms. The number of fused-ring (bicyclic) bond motifs is 1. The van der Waals surface area contributed by atoms with Gasteiger partial charge in [0.1, 0.15) is 13.2 Å². The van der Waals surface area contributed by atoms with Crippen molar-refractivity contribution >= 4 is 17.5 Å². The summed E-state index contributed by atoms with van der Waals surface area (Å²) in [7, 11) is 0. The summed E-state index contributed by atoms with van der Waals surface area (Å²) in [5.41, 5.74) is 0.613. The zero-order valence-corrected chi connectivity index (χ0v) is 17.4. The third-order valence-electron chi connectivity index (χ3n) is 5.54. The van der Waals surface area contributed by atoms with Crippen molar-refractivity contribution in [2.24, 2.45) is 0 Å². The van der Waals surface area contributed by atoms with E-state index in [0.29, 0.717) is 42.1 Å². The standard InChI is InChI=1S/C22H23N3O4S/c26-17(15-8-9-18-20(13-15)29-12-11-28-18)14-30-22-24-23-21(19-7-4-10-27-19)25(22)16-5-2-1-3-6-16/h4,7-10,13,16H,1-3,5-6,11-12,14H2. The number of furan rings is 1. The summed E-state index contributed by atoms with van der Waals surface area (Å²) in [6, 6.07) is 9.44. The van der Waals surface area contributed by atoms with E-state index in [4.69, 9.17) is 13.9 Å². The molecule has 1 aliphatic heterocycles. The summed E-state index contributed by atoms with van der Waals surface area (Å²) >= 11 is 1.43. The maximum atomic E-state index is 12.8. The fourth-order valence-electron chi connectivity index (χ4n) is 4.05. The average Bonchev–Trinajstić information content (AvgIpc) is 3.47. The second-order valence-electron chi connectivity index (χ2n) is 7.52. The number of thioether (sulfide) groups is 1. The number of Topliss-reactive ketones (excluding diaryl/α,β-unsaturated/α-hetero) is 1. The molecule has 0 bridgehead atoms. The van der Waals surface area contributed by atoms with Crippen molar-refractivity contribution in [3.05, 3.63) is 42.2 Å². The van der Waals surface area contributed by atoms with Crippen LogP contribution in [0.3, 0.4) is 0 Å². The first kappa shape index (κ1) is 19.2. The number of benzene rings is 1. The Morgan fingerprint density at radius 2 is 1.90 bits per heavy atom. The first-order valence-corrected chi connectivity index (χ1v) is 11.3. The normalized spacial score (nSPS) is 16.5. The van der Waals surface area contributed by atoms with Gasteiger partial charge < -0.3 is 13.9 Å². The molecular formula is C22H23N3O4S. The van der Waals surface area contributed by atoms with Gasteiger partial charge in [-0.15, -0.1) is 10.2 Å². The molecule has 2 aliphatic rings. The Morgan fingerprint density at radius 1 is 1.07 bits per heavy atom. The predicted molar refractivity (Wildman–Crippen MR) is 112 cm³/mol. The van der Waals surface area contributed by atoms with Crippen molar-refractivity contribution in [1.29, 1.82) is 0 Å². The largest absolute Gasteiger partial charge is 0.486 e. The number of rotatable bonds is 6. The van der Waals surface area contributed by atoms with Gasteiger partial charge in [0.25, 0.3) is 0 Å². The quantitative estimate of drug-likeness (QED) is 0.415. The van der Waals surface area contributed by atoms with E-state index < -0.39 is 0 Å². The van der Waals surface area contributed by atoms with Crippen LogP contribution in [0, 0.1) is 0 Å². The zero-order chi connectivity index (χ0) is 20.3. The van der Waals surface area contributed by atoms with E-state index in [1.165, 1.54) is 31.0 Å². The lowest BCUT2D eigenvalue weighted by molar-refractivity contribution is 0.102. The van der Waals surface area contributed by atoms with Crippen LogP contribution >= 0.6 is 11.8 Å². The Kier molecular flexibility index (Phi) is 5.48. The van der Waals surface area contributed by atoms with E-state index in [-0.39, 0.29) is 11.5 Å². The molecule has 0 N–H and O–H groups in total. The number of hydrogen-bond donors (Lipinski definition) is 0. The Hall–Kier alpha value is -2.74. The molecule has 1 aromatic carbocycles. The SMILES string of the molecule is O=C(CSc1nnc(-c2ccco2)n1C1CCCCC1)c1ccc2c(c1)OCCO2. The van der Waals surface area contributed by atoms with Gasteiger partial charge in [-0.25, -0.2) is 0 Å². The van der Waals surface area contributed by atoms with E-state index in [0.717, 1.165) is 23.8 Å². The molecular weight excluding hydrogens is 402 g/mol. The number of ether oxygens (including phenoxy) is 2. The summed E-state index contributed by atoms with van der Waals surface area (Å²) in [6.45, 7) is 1.03. The molecule has 8 heteroatoms. The zero-order valence-electron chi connectivity index (χ0n) is 16.6. The number of ketones is 1. The van der Waals surface area contributed by atoms with Gasteiger partial charge in [-0.3, -0.25) is 9.36 Å². The lowest BCUT2D eigenvalue weighted by Crippen LogP contribution is -2.16. The third-order valence-corrected chi connectivity index (χ3v) is 6.49. The number of carbonyl (C=O) groups is 1. The fraction of sp³-hybridized carbons (Fsp3) is 0.409. The summed E-state index contributed by atoms with van der Waals surface area (Å²) in [6.07, 6.45) is 7.49. The number of nitrogens with zero attached hydrogens (tertiary/aromatic N) is 3. The molecule has 2 aromatic heterocycles. The average molecular weight is 426 g/mol. The smallest absolute Gasteiger partial charge is 0.200 e. The second kappa shape index (κ2) is 8.55. The molecule has 0 radical (unpaired) electrons. The van der Waals surface area contributed by atoms with Crippen molar-refractivity contribution in [2.45, 2.75) is 43.3 Å². The Labute approximate surface area is 178 Å². The summed E-state index contributed by atoms with van der Waals surface area (Å²) in [5, 5.41) is 9.56. The highest BCUT2D eigenvalue weighted by Crippen LogP contribution is 2.36. The van der Waals surface area contributed by atoms with Crippen molar-refractivity contribution in [3.8, 4) is 23.1 Å². The van der Waals surface area contributed by atoms with Crippen LogP contribution in [0.4, 0.5) is 0 Å². The molecule has 0 saturated heterocycles. The molecule has 1 saturated carbocycles. The molecule has 30 heavy (non-hydrogen) atoms. The summed E-state index contributed by atoms with van der Waals surface area (Å²) < 4.78 is 18.9. The Balaban J connectivity index is 1.36. The summed E-state index contributed by atoms with van der Waals surface area (Å²) in [5.74, 6) is 3.06. The van der Waals surface area contributed by atoms with Crippen LogP contribution in [-0.2, 0) is 0 Å². The number of aromatic nitrogens is 3. The first-order chi connectivity index (χ1) is 14.8. The minimum Gasteiger partial charge on any atom is -0.486 e. The van der Waals surface area contributed by atoms with Crippen molar-refractivity contribution in [2.75, 3.05) is 19.0 Å². The van der Waals surface area contributed by atoms with Gasteiger partial charge in [0, 0.05) is 11.6 Å². The van der Waals surface area contributed by atoms with E-state index in [1.807, 2.05) is 12.1 Å². The molecule has 0 amide bonds. The molecule has 0 unspecified atom stereocenters. The highest BCUT2D eigenvalue weighted by atomic mass is 32.2. The van der Waals surface area contributed by atoms with E-state index in [9.17, 15) is 4.79 Å². The molecule has 3 aromatic rings. The highest BCUT2D eigenvalue weighted by molar-refractivity contribution is 7.99. The molecule has 7 nitrogen and oxygen atoms in total. The van der Waals surface area contributed by atoms with E-state index in [2.05, 4.69) is 14.8 Å². The lowest BCUT2D eigenvalue weighted by Gasteiger charge is -2.25. The van der Waals surface area contributed by atoms with Crippen LogP contribution in [0.25, 0.3) is 11.6 Å². The maximum absolute atomic E-state index is 12.8. The molecule has 1 aliphatic carbocycles. The monoisotopic (exact) mass is 425 g/mol. The van der Waals surface area contributed by atoms with Crippen molar-refractivity contribution in [3.63, 3.8) is 0 Å². The van der Waals surface area contributed by atoms with Crippen LogP contribution in [0.2, 0.25) is 0 Å². The Morgan fingerprint density at radius 3 is 2.70 bits per heavy atom. The number of hydrogen-bond acceptors (Lipinski definition) is 7. The molecule has 5 rings (SSSR count). The van der Waals surface area contributed by atoms with Gasteiger partial charge in [0.15, 0.2) is 28.2 Å². The second-order valence-corrected chi connectivity index (χ2v) is 8.46. The topological polar surface area (TPSA) is 79.4 Å². The minimum atomic E-state index is 0.0229. The van der Waals surface area contributed by atoms with Crippen LogP contribution in [0.5, 0.6) is 11.5 Å². The van der Waals surface area contributed by atoms with E-state index >= 15 is 0 Å². The van der Waals surface area contributed by atoms with Crippen LogP contribution in [0.1, 0.15) is 48.5 Å². The Bertz CT molecular complexity index is 1030. The van der Waals surface area contributed by atoms with Crippen LogP contribution in [-0.4, -0.2) is 39.5 Å². The van der Waals surface area contributed by atoms with Gasteiger partial charge >= 0.3 is 0 Å². The first-order valence-electron chi connectivity index (χ1n) is 10.3. The van der Waals surface area contributed by atoms with Crippen molar-refractivity contribution in [1.82, 2.24) is 14.8 Å². The minimum absolute atomic E-state index is 0.0229. The van der Waals surface area contributed by atoms with Gasteiger partial charge in [-0.2, -0.15) is 0 Å². The molecule has 156 valence electrons. The highest BCUT2D eigenvalue weighted by Gasteiger charge is 2.25. The van der Waals surface area contributed by atoms with Gasteiger partial charge in [-0.1, -0.05) is 31.0 Å². The maximum Gasteiger partial charge on any atom is 0.200 e. The van der Waals surface area contributed by atoms with Gasteiger partial charge in [-0.05, 0) is 43.2 Å². The lowest BCUT2D eigenvalue weighted by atomic mass is 9.95.